The molecule has 0 N–H and O–H groups in total. The van der Waals surface area contributed by atoms with Crippen LogP contribution in [0.25, 0.3) is 0 Å². The molecule has 0 aliphatic rings. The van der Waals surface area contributed by atoms with Gasteiger partial charge >= 0.3 is 5.97 Å². The highest BCUT2D eigenvalue weighted by Gasteiger charge is 2.14. The molecule has 0 unspecified atom stereocenters. The Morgan fingerprint density at radius 3 is 2.33 bits per heavy atom. The quantitative estimate of drug-likeness (QED) is 0.815. The maximum atomic E-state index is 12.0. The van der Waals surface area contributed by atoms with Crippen molar-refractivity contribution in [3.05, 3.63) is 65.2 Å². The lowest BCUT2D eigenvalue weighted by molar-refractivity contribution is 0.0471. The molecule has 0 spiro atoms. The average molecular weight is 304 g/mol. The first-order valence-electron chi connectivity index (χ1n) is 6.39. The van der Waals surface area contributed by atoms with Gasteiger partial charge in [-0.3, -0.25) is 0 Å². The summed E-state index contributed by atoms with van der Waals surface area (Å²) >= 11 is 0. The molecule has 0 bridgehead atoms. The van der Waals surface area contributed by atoms with Crippen LogP contribution in [-0.2, 0) is 21.2 Å². The summed E-state index contributed by atoms with van der Waals surface area (Å²) in [5.74, 6) is -0.462. The van der Waals surface area contributed by atoms with E-state index in [2.05, 4.69) is 0 Å². The number of rotatable bonds is 4. The van der Waals surface area contributed by atoms with Crippen LogP contribution < -0.4 is 0 Å². The molecule has 4 nitrogen and oxygen atoms in total. The number of hydrogen-bond acceptors (Lipinski definition) is 4. The van der Waals surface area contributed by atoms with E-state index in [1.807, 2.05) is 30.3 Å². The van der Waals surface area contributed by atoms with E-state index >= 15 is 0 Å². The van der Waals surface area contributed by atoms with Crippen molar-refractivity contribution in [2.75, 3.05) is 6.26 Å². The van der Waals surface area contributed by atoms with Gasteiger partial charge in [0.25, 0.3) is 0 Å². The fraction of sp³-hybridized carbons (Fsp3) is 0.188. The van der Waals surface area contributed by atoms with Gasteiger partial charge in [0.05, 0.1) is 10.5 Å². The van der Waals surface area contributed by atoms with Crippen molar-refractivity contribution < 1.29 is 17.9 Å². The third-order valence-electron chi connectivity index (χ3n) is 3.06. The van der Waals surface area contributed by atoms with Gasteiger partial charge in [-0.1, -0.05) is 30.3 Å². The molecule has 0 aromatic heterocycles. The van der Waals surface area contributed by atoms with Crippen LogP contribution in [0.4, 0.5) is 0 Å². The number of benzene rings is 2. The minimum atomic E-state index is -3.28. The van der Waals surface area contributed by atoms with E-state index in [-0.39, 0.29) is 11.5 Å². The number of hydrogen-bond donors (Lipinski definition) is 0. The van der Waals surface area contributed by atoms with Gasteiger partial charge in [0.15, 0.2) is 9.84 Å². The molecule has 5 heteroatoms. The van der Waals surface area contributed by atoms with Gasteiger partial charge in [-0.15, -0.1) is 0 Å². The lowest BCUT2D eigenvalue weighted by Crippen LogP contribution is -2.08. The highest BCUT2D eigenvalue weighted by molar-refractivity contribution is 7.90. The van der Waals surface area contributed by atoms with Crippen LogP contribution >= 0.6 is 0 Å². The Labute approximate surface area is 124 Å². The zero-order valence-corrected chi connectivity index (χ0v) is 12.7. The van der Waals surface area contributed by atoms with Gasteiger partial charge in [-0.25, -0.2) is 13.2 Å². The van der Waals surface area contributed by atoms with Gasteiger partial charge < -0.3 is 4.74 Å². The number of sulfone groups is 1. The second-order valence-electron chi connectivity index (χ2n) is 4.81. The van der Waals surface area contributed by atoms with Gasteiger partial charge in [-0.05, 0) is 36.2 Å². The standard InChI is InChI=1S/C16H16O4S/c1-12-10-14(21(2,18)19)8-9-15(12)16(17)20-11-13-6-4-3-5-7-13/h3-10H,11H2,1-2H3. The SMILES string of the molecule is Cc1cc(S(C)(=O)=O)ccc1C(=O)OCc1ccccc1. The molecule has 2 rings (SSSR count). The normalized spacial score (nSPS) is 11.1. The summed E-state index contributed by atoms with van der Waals surface area (Å²) < 4.78 is 28.2. The Kier molecular flexibility index (Phi) is 4.43. The summed E-state index contributed by atoms with van der Waals surface area (Å²) in [5, 5.41) is 0. The molecule has 0 heterocycles. The van der Waals surface area contributed by atoms with Crippen LogP contribution in [0.2, 0.25) is 0 Å². The van der Waals surface area contributed by atoms with E-state index in [0.29, 0.717) is 11.1 Å². The summed E-state index contributed by atoms with van der Waals surface area (Å²) in [6.07, 6.45) is 1.13. The molecule has 0 aliphatic heterocycles. The summed E-state index contributed by atoms with van der Waals surface area (Å²) in [6.45, 7) is 1.88. The maximum absolute atomic E-state index is 12.0. The van der Waals surface area contributed by atoms with E-state index < -0.39 is 15.8 Å². The molecular formula is C16H16O4S. The first kappa shape index (κ1) is 15.3. The van der Waals surface area contributed by atoms with Crippen molar-refractivity contribution in [2.45, 2.75) is 18.4 Å². The predicted molar refractivity (Wildman–Crippen MR) is 79.9 cm³/mol. The van der Waals surface area contributed by atoms with Crippen molar-refractivity contribution >= 4 is 15.8 Å². The second kappa shape index (κ2) is 6.10. The van der Waals surface area contributed by atoms with Gasteiger partial charge in [0.2, 0.25) is 0 Å². The molecular weight excluding hydrogens is 288 g/mol. The Morgan fingerprint density at radius 1 is 1.10 bits per heavy atom. The fourth-order valence-electron chi connectivity index (χ4n) is 1.90. The fourth-order valence-corrected chi connectivity index (χ4v) is 2.60. The molecule has 110 valence electrons. The first-order chi connectivity index (χ1) is 9.88. The van der Waals surface area contributed by atoms with Crippen LogP contribution in [0.1, 0.15) is 21.5 Å². The van der Waals surface area contributed by atoms with Gasteiger partial charge in [0.1, 0.15) is 6.61 Å². The van der Waals surface area contributed by atoms with E-state index in [9.17, 15) is 13.2 Å². The van der Waals surface area contributed by atoms with Crippen LogP contribution in [0.15, 0.2) is 53.4 Å². The van der Waals surface area contributed by atoms with Crippen LogP contribution in [0.5, 0.6) is 0 Å². The summed E-state index contributed by atoms with van der Waals surface area (Å²) in [5.41, 5.74) is 1.85. The zero-order chi connectivity index (χ0) is 15.5. The topological polar surface area (TPSA) is 60.4 Å². The summed E-state index contributed by atoms with van der Waals surface area (Å²) in [6, 6.07) is 13.7. The molecule has 0 amide bonds. The number of ether oxygens (including phenoxy) is 1. The van der Waals surface area contributed by atoms with Gasteiger partial charge in [-0.2, -0.15) is 0 Å². The van der Waals surface area contributed by atoms with Gasteiger partial charge in [0, 0.05) is 6.26 Å². The minimum absolute atomic E-state index is 0.187. The van der Waals surface area contributed by atoms with E-state index in [1.165, 1.54) is 18.2 Å². The first-order valence-corrected chi connectivity index (χ1v) is 8.29. The monoisotopic (exact) mass is 304 g/mol. The Morgan fingerprint density at radius 2 is 1.76 bits per heavy atom. The van der Waals surface area contributed by atoms with Crippen molar-refractivity contribution in [1.82, 2.24) is 0 Å². The van der Waals surface area contributed by atoms with Crippen LogP contribution in [0, 0.1) is 6.92 Å². The van der Waals surface area contributed by atoms with Crippen molar-refractivity contribution in [1.29, 1.82) is 0 Å². The van der Waals surface area contributed by atoms with Crippen molar-refractivity contribution in [3.63, 3.8) is 0 Å². The molecule has 0 atom stereocenters. The molecule has 0 saturated heterocycles. The predicted octanol–water partition coefficient (Wildman–Crippen LogP) is 2.76. The molecule has 0 aliphatic carbocycles. The number of carbonyl (C=O) groups is 1. The van der Waals surface area contributed by atoms with Crippen LogP contribution in [0.3, 0.4) is 0 Å². The van der Waals surface area contributed by atoms with Crippen molar-refractivity contribution in [3.8, 4) is 0 Å². The highest BCUT2D eigenvalue weighted by Crippen LogP contribution is 2.17. The Balaban J connectivity index is 2.13. The summed E-state index contributed by atoms with van der Waals surface area (Å²) in [4.78, 5) is 12.2. The second-order valence-corrected chi connectivity index (χ2v) is 6.83. The largest absolute Gasteiger partial charge is 0.457 e. The van der Waals surface area contributed by atoms with E-state index in [4.69, 9.17) is 4.74 Å². The van der Waals surface area contributed by atoms with Crippen LogP contribution in [-0.4, -0.2) is 20.6 Å². The molecule has 0 saturated carbocycles. The average Bonchev–Trinajstić information content (AvgIpc) is 2.45. The van der Waals surface area contributed by atoms with Crippen molar-refractivity contribution in [2.24, 2.45) is 0 Å². The molecule has 2 aromatic rings. The van der Waals surface area contributed by atoms with E-state index in [0.717, 1.165) is 11.8 Å². The zero-order valence-electron chi connectivity index (χ0n) is 11.9. The number of esters is 1. The smallest absolute Gasteiger partial charge is 0.338 e. The third-order valence-corrected chi connectivity index (χ3v) is 4.17. The third kappa shape index (κ3) is 3.92. The molecule has 0 radical (unpaired) electrons. The summed E-state index contributed by atoms with van der Waals surface area (Å²) in [7, 11) is -3.28. The lowest BCUT2D eigenvalue weighted by Gasteiger charge is -2.08. The maximum Gasteiger partial charge on any atom is 0.338 e. The molecule has 2 aromatic carbocycles. The minimum Gasteiger partial charge on any atom is -0.457 e. The highest BCUT2D eigenvalue weighted by atomic mass is 32.2. The molecule has 0 fully saturated rings. The number of aryl methyl sites for hydroxylation is 1. The lowest BCUT2D eigenvalue weighted by atomic mass is 10.1. The molecule has 21 heavy (non-hydrogen) atoms. The number of carbonyl (C=O) groups excluding carboxylic acids is 1. The Hall–Kier alpha value is -2.14. The van der Waals surface area contributed by atoms with E-state index in [1.54, 1.807) is 6.92 Å². The Bertz CT molecular complexity index is 749.